The van der Waals surface area contributed by atoms with E-state index in [4.69, 9.17) is 0 Å². The fraction of sp³-hybridized carbons (Fsp3) is 0.409. The van der Waals surface area contributed by atoms with E-state index in [-0.39, 0.29) is 16.8 Å². The molecule has 1 N–H and O–H groups in total. The van der Waals surface area contributed by atoms with Crippen molar-refractivity contribution >= 4 is 21.6 Å². The highest BCUT2D eigenvalue weighted by molar-refractivity contribution is 7.92. The molecule has 1 aliphatic carbocycles. The summed E-state index contributed by atoms with van der Waals surface area (Å²) >= 11 is 0. The van der Waals surface area contributed by atoms with Crippen LogP contribution >= 0.6 is 0 Å². The van der Waals surface area contributed by atoms with Crippen LogP contribution in [-0.2, 0) is 10.0 Å². The van der Waals surface area contributed by atoms with Gasteiger partial charge in [0, 0.05) is 18.7 Å². The summed E-state index contributed by atoms with van der Waals surface area (Å²) in [4.78, 5) is 12.8. The average molecular weight is 401 g/mol. The molecule has 2 aromatic rings. The molecule has 3 rings (SSSR count). The number of carbonyl (C=O) groups is 1. The Balaban J connectivity index is 1.73. The van der Waals surface area contributed by atoms with Crippen LogP contribution in [0.5, 0.6) is 0 Å². The van der Waals surface area contributed by atoms with Gasteiger partial charge in [-0.25, -0.2) is 8.42 Å². The summed E-state index contributed by atoms with van der Waals surface area (Å²) in [6.45, 7) is 4.41. The Morgan fingerprint density at radius 1 is 1.00 bits per heavy atom. The largest absolute Gasteiger partial charge is 0.349 e. The maximum atomic E-state index is 12.8. The maximum absolute atomic E-state index is 12.8. The molecule has 0 aliphatic heterocycles. The Morgan fingerprint density at radius 2 is 1.64 bits per heavy atom. The highest BCUT2D eigenvalue weighted by Gasteiger charge is 2.28. The minimum Gasteiger partial charge on any atom is -0.349 e. The van der Waals surface area contributed by atoms with E-state index in [0.717, 1.165) is 12.8 Å². The second-order valence-electron chi connectivity index (χ2n) is 7.68. The molecule has 2 aromatic carbocycles. The van der Waals surface area contributed by atoms with Gasteiger partial charge in [-0.1, -0.05) is 44.9 Å². The summed E-state index contributed by atoms with van der Waals surface area (Å²) < 4.78 is 26.9. The summed E-state index contributed by atoms with van der Waals surface area (Å²) in [5.74, 6) is 0.892. The smallest absolute Gasteiger partial charge is 0.264 e. The fourth-order valence-corrected chi connectivity index (χ4v) is 4.95. The van der Waals surface area contributed by atoms with Gasteiger partial charge in [-0.3, -0.25) is 9.10 Å². The highest BCUT2D eigenvalue weighted by atomic mass is 32.2. The van der Waals surface area contributed by atoms with Crippen molar-refractivity contribution < 1.29 is 13.2 Å². The van der Waals surface area contributed by atoms with Crippen LogP contribution in [0, 0.1) is 11.8 Å². The van der Waals surface area contributed by atoms with E-state index in [0.29, 0.717) is 23.1 Å². The Hall–Kier alpha value is -2.34. The standard InChI is InChI=1S/C22H28N2O3S/c1-16-8-7-11-21(17(16)2)23-22(25)18-12-14-20(15-13-18)28(26,27)24(3)19-9-5-4-6-10-19/h4-6,9-10,12-17,21H,7-8,11H2,1-3H3,(H,23,25). The molecule has 0 radical (unpaired) electrons. The first kappa shape index (κ1) is 20.4. The van der Waals surface area contributed by atoms with Gasteiger partial charge in [-0.05, 0) is 54.7 Å². The molecular weight excluding hydrogens is 372 g/mol. The molecule has 150 valence electrons. The van der Waals surface area contributed by atoms with Gasteiger partial charge in [-0.2, -0.15) is 0 Å². The van der Waals surface area contributed by atoms with Gasteiger partial charge in [0.25, 0.3) is 15.9 Å². The van der Waals surface area contributed by atoms with Crippen molar-refractivity contribution in [3.8, 4) is 0 Å². The quantitative estimate of drug-likeness (QED) is 0.823. The molecule has 6 heteroatoms. The van der Waals surface area contributed by atoms with Crippen molar-refractivity contribution in [2.45, 2.75) is 44.0 Å². The second kappa shape index (κ2) is 8.35. The first-order chi connectivity index (χ1) is 13.3. The lowest BCUT2D eigenvalue weighted by molar-refractivity contribution is 0.0891. The lowest BCUT2D eigenvalue weighted by Crippen LogP contribution is -2.43. The lowest BCUT2D eigenvalue weighted by atomic mass is 9.78. The topological polar surface area (TPSA) is 66.5 Å². The van der Waals surface area contributed by atoms with Crippen LogP contribution in [0.2, 0.25) is 0 Å². The molecule has 1 aliphatic rings. The zero-order valence-corrected chi connectivity index (χ0v) is 17.4. The van der Waals surface area contributed by atoms with Gasteiger partial charge < -0.3 is 5.32 Å². The van der Waals surface area contributed by atoms with Gasteiger partial charge in [0.15, 0.2) is 0 Å². The highest BCUT2D eigenvalue weighted by Crippen LogP contribution is 2.29. The maximum Gasteiger partial charge on any atom is 0.264 e. The average Bonchev–Trinajstić information content (AvgIpc) is 2.71. The van der Waals surface area contributed by atoms with E-state index >= 15 is 0 Å². The zero-order valence-electron chi connectivity index (χ0n) is 16.6. The number of hydrogen-bond donors (Lipinski definition) is 1. The number of amides is 1. The van der Waals surface area contributed by atoms with Crippen molar-refractivity contribution in [1.82, 2.24) is 5.32 Å². The van der Waals surface area contributed by atoms with Crippen LogP contribution in [0.3, 0.4) is 0 Å². The van der Waals surface area contributed by atoms with Gasteiger partial charge in [-0.15, -0.1) is 0 Å². The molecule has 3 atom stereocenters. The molecule has 1 fully saturated rings. The number of nitrogens with zero attached hydrogens (tertiary/aromatic N) is 1. The number of sulfonamides is 1. The zero-order chi connectivity index (χ0) is 20.3. The summed E-state index contributed by atoms with van der Waals surface area (Å²) in [5, 5.41) is 3.12. The summed E-state index contributed by atoms with van der Waals surface area (Å²) in [7, 11) is -2.15. The minimum absolute atomic E-state index is 0.147. The van der Waals surface area contributed by atoms with Crippen molar-refractivity contribution in [1.29, 1.82) is 0 Å². The summed E-state index contributed by atoms with van der Waals surface area (Å²) in [6, 6.07) is 15.2. The predicted molar refractivity (Wildman–Crippen MR) is 112 cm³/mol. The number of nitrogens with one attached hydrogen (secondary N) is 1. The molecule has 1 amide bonds. The molecule has 1 saturated carbocycles. The van der Waals surface area contributed by atoms with Crippen molar-refractivity contribution in [3.05, 3.63) is 60.2 Å². The van der Waals surface area contributed by atoms with E-state index in [9.17, 15) is 13.2 Å². The number of para-hydroxylation sites is 1. The fourth-order valence-electron chi connectivity index (χ4n) is 3.75. The van der Waals surface area contributed by atoms with Crippen molar-refractivity contribution in [3.63, 3.8) is 0 Å². The third-order valence-corrected chi connectivity index (χ3v) is 7.72. The Labute approximate surface area is 167 Å². The number of rotatable bonds is 5. The van der Waals surface area contributed by atoms with Gasteiger partial charge >= 0.3 is 0 Å². The molecule has 5 nitrogen and oxygen atoms in total. The molecule has 0 aromatic heterocycles. The van der Waals surface area contributed by atoms with Crippen LogP contribution < -0.4 is 9.62 Å². The molecule has 0 bridgehead atoms. The van der Waals surface area contributed by atoms with Crippen LogP contribution in [-0.4, -0.2) is 27.4 Å². The van der Waals surface area contributed by atoms with Crippen molar-refractivity contribution in [2.24, 2.45) is 11.8 Å². The van der Waals surface area contributed by atoms with E-state index in [1.165, 1.54) is 29.9 Å². The third kappa shape index (κ3) is 4.22. The molecule has 28 heavy (non-hydrogen) atoms. The normalized spacial score (nSPS) is 22.5. The van der Waals surface area contributed by atoms with Crippen LogP contribution in [0.15, 0.2) is 59.5 Å². The summed E-state index contributed by atoms with van der Waals surface area (Å²) in [6.07, 6.45) is 3.32. The van der Waals surface area contributed by atoms with E-state index in [2.05, 4.69) is 19.2 Å². The van der Waals surface area contributed by atoms with Crippen LogP contribution in [0.4, 0.5) is 5.69 Å². The molecule has 0 spiro atoms. The third-order valence-electron chi connectivity index (χ3n) is 5.92. The molecular formula is C22H28N2O3S. The lowest BCUT2D eigenvalue weighted by Gasteiger charge is -2.34. The Kier molecular flexibility index (Phi) is 6.08. The number of benzene rings is 2. The molecule has 0 heterocycles. The van der Waals surface area contributed by atoms with Crippen LogP contribution in [0.25, 0.3) is 0 Å². The van der Waals surface area contributed by atoms with Crippen molar-refractivity contribution in [2.75, 3.05) is 11.4 Å². The number of hydrogen-bond acceptors (Lipinski definition) is 3. The Bertz CT molecular complexity index is 911. The first-order valence-corrected chi connectivity index (χ1v) is 11.2. The van der Waals surface area contributed by atoms with Gasteiger partial charge in [0.05, 0.1) is 10.6 Å². The van der Waals surface area contributed by atoms with E-state index in [1.807, 2.05) is 6.07 Å². The van der Waals surface area contributed by atoms with E-state index in [1.54, 1.807) is 36.4 Å². The molecule has 0 saturated heterocycles. The van der Waals surface area contributed by atoms with Gasteiger partial charge in [0.1, 0.15) is 0 Å². The van der Waals surface area contributed by atoms with Gasteiger partial charge in [0.2, 0.25) is 0 Å². The number of carbonyl (C=O) groups excluding carboxylic acids is 1. The van der Waals surface area contributed by atoms with E-state index < -0.39 is 10.0 Å². The monoisotopic (exact) mass is 400 g/mol. The van der Waals surface area contributed by atoms with Crippen LogP contribution in [0.1, 0.15) is 43.5 Å². The Morgan fingerprint density at radius 3 is 2.29 bits per heavy atom. The number of anilines is 1. The second-order valence-corrected chi connectivity index (χ2v) is 9.65. The predicted octanol–water partition coefficient (Wildman–Crippen LogP) is 4.07. The molecule has 3 unspecified atom stereocenters. The summed E-state index contributed by atoms with van der Waals surface area (Å²) in [5.41, 5.74) is 1.07. The minimum atomic E-state index is -3.68. The first-order valence-electron chi connectivity index (χ1n) is 9.75. The SMILES string of the molecule is CC1CCCC(NC(=O)c2ccc(S(=O)(=O)N(C)c3ccccc3)cc2)C1C.